The van der Waals surface area contributed by atoms with Gasteiger partial charge in [0.05, 0.1) is 12.2 Å². The standard InChI is InChI=1S/C19H28N2O2/c1-3-18(22)21-11-9-19(10-12-21)13-17(15-23-19)20(2)14-16-7-5-4-6-8-16/h4-8,17H,3,9-15H2,1-2H3/t17-/m0/s1. The van der Waals surface area contributed by atoms with Crippen molar-refractivity contribution in [2.45, 2.75) is 50.8 Å². The van der Waals surface area contributed by atoms with Crippen LogP contribution in [-0.2, 0) is 16.1 Å². The van der Waals surface area contributed by atoms with Gasteiger partial charge in [0.1, 0.15) is 0 Å². The Hall–Kier alpha value is -1.39. The maximum Gasteiger partial charge on any atom is 0.222 e. The first-order valence-electron chi connectivity index (χ1n) is 8.78. The van der Waals surface area contributed by atoms with E-state index in [0.29, 0.717) is 12.5 Å². The van der Waals surface area contributed by atoms with Crippen LogP contribution in [-0.4, -0.2) is 54.1 Å². The summed E-state index contributed by atoms with van der Waals surface area (Å²) in [5.41, 5.74) is 1.35. The number of hydrogen-bond donors (Lipinski definition) is 0. The molecule has 1 amide bonds. The van der Waals surface area contributed by atoms with Gasteiger partial charge in [-0.1, -0.05) is 37.3 Å². The maximum absolute atomic E-state index is 11.8. The zero-order valence-corrected chi connectivity index (χ0v) is 14.3. The number of nitrogens with zero attached hydrogens (tertiary/aromatic N) is 2. The number of carbonyl (C=O) groups is 1. The van der Waals surface area contributed by atoms with Gasteiger partial charge in [0, 0.05) is 32.1 Å². The highest BCUT2D eigenvalue weighted by Crippen LogP contribution is 2.37. The third-order valence-electron chi connectivity index (χ3n) is 5.42. The second-order valence-electron chi connectivity index (χ2n) is 6.99. The monoisotopic (exact) mass is 316 g/mol. The van der Waals surface area contributed by atoms with Crippen molar-refractivity contribution in [1.82, 2.24) is 9.80 Å². The molecule has 1 aromatic rings. The molecule has 0 aromatic heterocycles. The molecule has 2 fully saturated rings. The van der Waals surface area contributed by atoms with E-state index in [0.717, 1.165) is 45.5 Å². The van der Waals surface area contributed by atoms with Crippen molar-refractivity contribution in [3.63, 3.8) is 0 Å². The Bertz CT molecular complexity index is 523. The lowest BCUT2D eigenvalue weighted by atomic mass is 9.87. The largest absolute Gasteiger partial charge is 0.373 e. The number of amides is 1. The minimum atomic E-state index is 0.000135. The van der Waals surface area contributed by atoms with Gasteiger partial charge in [-0.05, 0) is 31.9 Å². The molecule has 1 spiro atoms. The van der Waals surface area contributed by atoms with Crippen molar-refractivity contribution < 1.29 is 9.53 Å². The van der Waals surface area contributed by atoms with E-state index < -0.39 is 0 Å². The first kappa shape index (κ1) is 16.5. The SMILES string of the molecule is CCC(=O)N1CCC2(CC1)C[C@H](N(C)Cc1ccccc1)CO2. The second-order valence-corrected chi connectivity index (χ2v) is 6.99. The van der Waals surface area contributed by atoms with Gasteiger partial charge >= 0.3 is 0 Å². The van der Waals surface area contributed by atoms with Gasteiger partial charge < -0.3 is 9.64 Å². The number of piperidine rings is 1. The molecule has 0 aliphatic carbocycles. The van der Waals surface area contributed by atoms with Crippen LogP contribution in [0.5, 0.6) is 0 Å². The molecule has 2 aliphatic heterocycles. The van der Waals surface area contributed by atoms with E-state index >= 15 is 0 Å². The number of likely N-dealkylation sites (N-methyl/N-ethyl adjacent to an activating group) is 1. The fourth-order valence-corrected chi connectivity index (χ4v) is 3.84. The van der Waals surface area contributed by atoms with Gasteiger partial charge in [0.15, 0.2) is 0 Å². The first-order chi connectivity index (χ1) is 11.1. The molecule has 2 aliphatic rings. The highest BCUT2D eigenvalue weighted by molar-refractivity contribution is 5.75. The molecule has 3 rings (SSSR count). The van der Waals surface area contributed by atoms with E-state index in [4.69, 9.17) is 4.74 Å². The molecule has 4 nitrogen and oxygen atoms in total. The third-order valence-corrected chi connectivity index (χ3v) is 5.42. The quantitative estimate of drug-likeness (QED) is 0.856. The van der Waals surface area contributed by atoms with Crippen molar-refractivity contribution in [3.8, 4) is 0 Å². The minimum Gasteiger partial charge on any atom is -0.373 e. The summed E-state index contributed by atoms with van der Waals surface area (Å²) in [5, 5.41) is 0. The van der Waals surface area contributed by atoms with E-state index in [2.05, 4.69) is 42.3 Å². The molecule has 0 unspecified atom stereocenters. The lowest BCUT2D eigenvalue weighted by Gasteiger charge is -2.39. The molecular formula is C19H28N2O2. The minimum absolute atomic E-state index is 0.000135. The van der Waals surface area contributed by atoms with E-state index in [1.54, 1.807) is 0 Å². The third kappa shape index (κ3) is 3.75. The molecule has 0 N–H and O–H groups in total. The Morgan fingerprint density at radius 2 is 2.00 bits per heavy atom. The van der Waals surface area contributed by atoms with Crippen LogP contribution in [0.15, 0.2) is 30.3 Å². The smallest absolute Gasteiger partial charge is 0.222 e. The maximum atomic E-state index is 11.8. The Balaban J connectivity index is 1.53. The Kier molecular flexibility index (Phi) is 5.02. The summed E-state index contributed by atoms with van der Waals surface area (Å²) in [5.74, 6) is 0.274. The lowest BCUT2D eigenvalue weighted by Crippen LogP contribution is -2.46. The summed E-state index contributed by atoms with van der Waals surface area (Å²) in [6.45, 7) is 5.41. The van der Waals surface area contributed by atoms with Gasteiger partial charge in [-0.2, -0.15) is 0 Å². The number of benzene rings is 1. The Morgan fingerprint density at radius 3 is 2.65 bits per heavy atom. The van der Waals surface area contributed by atoms with Crippen molar-refractivity contribution in [3.05, 3.63) is 35.9 Å². The van der Waals surface area contributed by atoms with Crippen LogP contribution < -0.4 is 0 Å². The highest BCUT2D eigenvalue weighted by atomic mass is 16.5. The summed E-state index contributed by atoms with van der Waals surface area (Å²) in [4.78, 5) is 16.2. The van der Waals surface area contributed by atoms with Gasteiger partial charge in [-0.3, -0.25) is 9.69 Å². The molecule has 0 radical (unpaired) electrons. The van der Waals surface area contributed by atoms with Gasteiger partial charge in [0.25, 0.3) is 0 Å². The molecule has 4 heteroatoms. The van der Waals surface area contributed by atoms with Crippen molar-refractivity contribution in [1.29, 1.82) is 0 Å². The van der Waals surface area contributed by atoms with Crippen LogP contribution in [0.1, 0.15) is 38.2 Å². The number of rotatable bonds is 4. The van der Waals surface area contributed by atoms with E-state index in [1.807, 2.05) is 11.8 Å². The zero-order valence-electron chi connectivity index (χ0n) is 14.3. The second kappa shape index (κ2) is 7.02. The Morgan fingerprint density at radius 1 is 1.30 bits per heavy atom. The van der Waals surface area contributed by atoms with E-state index in [-0.39, 0.29) is 11.5 Å². The highest BCUT2D eigenvalue weighted by Gasteiger charge is 2.44. The van der Waals surface area contributed by atoms with E-state index in [1.165, 1.54) is 5.56 Å². The summed E-state index contributed by atoms with van der Waals surface area (Å²) >= 11 is 0. The zero-order chi connectivity index (χ0) is 16.3. The van der Waals surface area contributed by atoms with Crippen LogP contribution >= 0.6 is 0 Å². The van der Waals surface area contributed by atoms with Gasteiger partial charge in [-0.15, -0.1) is 0 Å². The lowest BCUT2D eigenvalue weighted by molar-refractivity contribution is -0.135. The topological polar surface area (TPSA) is 32.8 Å². The molecule has 126 valence electrons. The molecule has 0 bridgehead atoms. The number of likely N-dealkylation sites (tertiary alicyclic amines) is 1. The van der Waals surface area contributed by atoms with Gasteiger partial charge in [0.2, 0.25) is 5.91 Å². The molecule has 0 saturated carbocycles. The van der Waals surface area contributed by atoms with Gasteiger partial charge in [-0.25, -0.2) is 0 Å². The summed E-state index contributed by atoms with van der Waals surface area (Å²) in [6, 6.07) is 11.1. The van der Waals surface area contributed by atoms with Crippen LogP contribution in [0.25, 0.3) is 0 Å². The normalized spacial score (nSPS) is 23.6. The summed E-state index contributed by atoms with van der Waals surface area (Å²) in [7, 11) is 2.19. The average molecular weight is 316 g/mol. The molecule has 2 saturated heterocycles. The Labute approximate surface area is 139 Å². The number of ether oxygens (including phenoxy) is 1. The molecule has 23 heavy (non-hydrogen) atoms. The van der Waals surface area contributed by atoms with Crippen LogP contribution in [0.2, 0.25) is 0 Å². The molecule has 2 heterocycles. The van der Waals surface area contributed by atoms with Crippen LogP contribution in [0.3, 0.4) is 0 Å². The summed E-state index contributed by atoms with van der Waals surface area (Å²) in [6.07, 6.45) is 3.66. The fraction of sp³-hybridized carbons (Fsp3) is 0.632. The number of carbonyl (C=O) groups excluding carboxylic acids is 1. The predicted molar refractivity (Wildman–Crippen MR) is 91.1 cm³/mol. The first-order valence-corrected chi connectivity index (χ1v) is 8.78. The van der Waals surface area contributed by atoms with E-state index in [9.17, 15) is 4.79 Å². The number of hydrogen-bond acceptors (Lipinski definition) is 3. The van der Waals surface area contributed by atoms with Crippen molar-refractivity contribution >= 4 is 5.91 Å². The summed E-state index contributed by atoms with van der Waals surface area (Å²) < 4.78 is 6.23. The average Bonchev–Trinajstić information content (AvgIpc) is 3.00. The van der Waals surface area contributed by atoms with Crippen LogP contribution in [0.4, 0.5) is 0 Å². The van der Waals surface area contributed by atoms with Crippen molar-refractivity contribution in [2.24, 2.45) is 0 Å². The predicted octanol–water partition coefficient (Wildman–Crippen LogP) is 2.68. The molecule has 1 atom stereocenters. The molecule has 1 aromatic carbocycles. The van der Waals surface area contributed by atoms with Crippen LogP contribution in [0, 0.1) is 0 Å². The van der Waals surface area contributed by atoms with Crippen molar-refractivity contribution in [2.75, 3.05) is 26.7 Å². The fourth-order valence-electron chi connectivity index (χ4n) is 3.84. The molecular weight excluding hydrogens is 288 g/mol.